The molecule has 5 heteroatoms. The summed E-state index contributed by atoms with van der Waals surface area (Å²) in [5, 5.41) is 0. The SMILES string of the molecule is CC[C@H]1C(=O)[C@@H]2[C@H](CC[C@]3(C)[C@@H]([C@H](C)CCC(=O)OCC(=O)c4ccccc4)CC[C@@H]23)[C@@]2(C)CC[C@@H](OC(C)(C)C)C[C@@H]12. The Balaban J connectivity index is 1.23. The van der Waals surface area contributed by atoms with Crippen LogP contribution in [0.15, 0.2) is 30.3 Å². The molecule has 0 amide bonds. The lowest BCUT2D eigenvalue weighted by Gasteiger charge is -2.62. The van der Waals surface area contributed by atoms with Gasteiger partial charge in [-0.2, -0.15) is 0 Å². The van der Waals surface area contributed by atoms with Crippen LogP contribution < -0.4 is 0 Å². The van der Waals surface area contributed by atoms with Crippen molar-refractivity contribution in [2.75, 3.05) is 6.61 Å². The number of benzene rings is 1. The molecule has 10 atom stereocenters. The average Bonchev–Trinajstić information content (AvgIpc) is 3.32. The Kier molecular flexibility index (Phi) is 9.35. The van der Waals surface area contributed by atoms with Gasteiger partial charge in [-0.3, -0.25) is 14.4 Å². The number of rotatable bonds is 9. The summed E-state index contributed by atoms with van der Waals surface area (Å²) in [7, 11) is 0. The largest absolute Gasteiger partial charge is 0.457 e. The Bertz CT molecular complexity index is 1170. The zero-order valence-electron chi connectivity index (χ0n) is 27.8. The van der Waals surface area contributed by atoms with Crippen molar-refractivity contribution in [3.63, 3.8) is 0 Å². The van der Waals surface area contributed by atoms with Crippen LogP contribution in [0.4, 0.5) is 0 Å². The molecule has 238 valence electrons. The zero-order chi connectivity index (χ0) is 31.2. The predicted octanol–water partition coefficient (Wildman–Crippen LogP) is 8.49. The van der Waals surface area contributed by atoms with Crippen LogP contribution in [0, 0.1) is 52.3 Å². The molecule has 4 saturated carbocycles. The van der Waals surface area contributed by atoms with Crippen LogP contribution in [0.25, 0.3) is 0 Å². The smallest absolute Gasteiger partial charge is 0.306 e. The van der Waals surface area contributed by atoms with E-state index in [0.717, 1.165) is 44.9 Å². The van der Waals surface area contributed by atoms with E-state index in [1.165, 1.54) is 12.8 Å². The van der Waals surface area contributed by atoms with E-state index in [-0.39, 0.29) is 52.7 Å². The number of esters is 1. The van der Waals surface area contributed by atoms with Gasteiger partial charge in [0.2, 0.25) is 0 Å². The first-order valence-corrected chi connectivity index (χ1v) is 17.2. The molecule has 0 unspecified atom stereocenters. The van der Waals surface area contributed by atoms with Gasteiger partial charge in [-0.25, -0.2) is 0 Å². The van der Waals surface area contributed by atoms with Crippen molar-refractivity contribution < 1.29 is 23.9 Å². The minimum atomic E-state index is -0.294. The van der Waals surface area contributed by atoms with Crippen molar-refractivity contribution in [1.82, 2.24) is 0 Å². The Hall–Kier alpha value is -2.01. The van der Waals surface area contributed by atoms with Crippen molar-refractivity contribution in [2.45, 2.75) is 124 Å². The highest BCUT2D eigenvalue weighted by molar-refractivity contribution is 5.97. The second-order valence-corrected chi connectivity index (χ2v) is 16.1. The van der Waals surface area contributed by atoms with Crippen molar-refractivity contribution >= 4 is 17.5 Å². The average molecular weight is 593 g/mol. The fraction of sp³-hybridized carbons (Fsp3) is 0.763. The molecule has 1 aromatic carbocycles. The van der Waals surface area contributed by atoms with Gasteiger partial charge in [0.15, 0.2) is 12.4 Å². The predicted molar refractivity (Wildman–Crippen MR) is 170 cm³/mol. The van der Waals surface area contributed by atoms with Crippen molar-refractivity contribution in [3.05, 3.63) is 35.9 Å². The summed E-state index contributed by atoms with van der Waals surface area (Å²) < 4.78 is 11.9. The van der Waals surface area contributed by atoms with Gasteiger partial charge in [0.05, 0.1) is 11.7 Å². The highest BCUT2D eigenvalue weighted by Gasteiger charge is 2.65. The summed E-state index contributed by atoms with van der Waals surface area (Å²) in [5.41, 5.74) is 0.763. The molecule has 4 aliphatic carbocycles. The minimum absolute atomic E-state index is 0.136. The van der Waals surface area contributed by atoms with Crippen LogP contribution in [0.5, 0.6) is 0 Å². The Morgan fingerprint density at radius 1 is 0.953 bits per heavy atom. The lowest BCUT2D eigenvalue weighted by atomic mass is 9.42. The third-order valence-corrected chi connectivity index (χ3v) is 12.7. The fourth-order valence-corrected chi connectivity index (χ4v) is 10.7. The Morgan fingerprint density at radius 2 is 1.63 bits per heavy atom. The fourth-order valence-electron chi connectivity index (χ4n) is 10.7. The van der Waals surface area contributed by atoms with E-state index in [1.807, 2.05) is 18.2 Å². The minimum Gasteiger partial charge on any atom is -0.457 e. The Labute approximate surface area is 260 Å². The van der Waals surface area contributed by atoms with Crippen molar-refractivity contribution in [2.24, 2.45) is 52.3 Å². The van der Waals surface area contributed by atoms with Crippen LogP contribution in [-0.4, -0.2) is 35.8 Å². The first-order valence-electron chi connectivity index (χ1n) is 17.2. The van der Waals surface area contributed by atoms with E-state index >= 15 is 0 Å². The second-order valence-electron chi connectivity index (χ2n) is 16.1. The van der Waals surface area contributed by atoms with E-state index in [0.29, 0.717) is 47.4 Å². The normalized spacial score (nSPS) is 38.0. The lowest BCUT2D eigenvalue weighted by molar-refractivity contribution is -0.182. The summed E-state index contributed by atoms with van der Waals surface area (Å²) >= 11 is 0. The van der Waals surface area contributed by atoms with E-state index in [4.69, 9.17) is 9.47 Å². The summed E-state index contributed by atoms with van der Waals surface area (Å²) in [5.74, 6) is 2.64. The number of ether oxygens (including phenoxy) is 2. The van der Waals surface area contributed by atoms with Gasteiger partial charge in [0.25, 0.3) is 0 Å². The quantitative estimate of drug-likeness (QED) is 0.212. The number of fused-ring (bicyclic) bond motifs is 5. The highest BCUT2D eigenvalue weighted by Crippen LogP contribution is 2.68. The van der Waals surface area contributed by atoms with Gasteiger partial charge < -0.3 is 9.47 Å². The zero-order valence-corrected chi connectivity index (χ0v) is 27.8. The van der Waals surface area contributed by atoms with Crippen LogP contribution >= 0.6 is 0 Å². The molecule has 0 aliphatic heterocycles. The standard InChI is InChI=1S/C38H56O5/c1-8-27-31-22-26(43-36(3,4)5)18-20-38(31,7)30-19-21-37(6)28(15-16-29(37)34(30)35(27)41)24(2)14-17-33(40)42-23-32(39)25-12-10-9-11-13-25/h9-13,24,26-31,34H,8,14-23H2,1-7H3/t24-,26-,27-,28-,29+,30+,31+,34+,37-,38-/m1/s1. The van der Waals surface area contributed by atoms with E-state index in [1.54, 1.807) is 12.1 Å². The first-order chi connectivity index (χ1) is 20.3. The van der Waals surface area contributed by atoms with E-state index in [2.05, 4.69) is 48.5 Å². The first kappa shape index (κ1) is 32.4. The lowest BCUT2D eigenvalue weighted by Crippen LogP contribution is -2.61. The van der Waals surface area contributed by atoms with Crippen molar-refractivity contribution in [1.29, 1.82) is 0 Å². The maximum absolute atomic E-state index is 14.5. The molecular weight excluding hydrogens is 536 g/mol. The molecule has 0 bridgehead atoms. The summed E-state index contributed by atoms with van der Waals surface area (Å²) in [4.78, 5) is 39.4. The van der Waals surface area contributed by atoms with Gasteiger partial charge >= 0.3 is 5.97 Å². The third kappa shape index (κ3) is 6.26. The summed E-state index contributed by atoms with van der Waals surface area (Å²) in [6.07, 6.45) is 10.2. The molecule has 0 N–H and O–H groups in total. The molecule has 5 nitrogen and oxygen atoms in total. The van der Waals surface area contributed by atoms with E-state index in [9.17, 15) is 14.4 Å². The number of carbonyl (C=O) groups is 3. The molecule has 43 heavy (non-hydrogen) atoms. The summed E-state index contributed by atoms with van der Waals surface area (Å²) in [6, 6.07) is 8.99. The number of Topliss-reactive ketones (excluding diaryl/α,β-unsaturated/α-hetero) is 2. The molecule has 5 rings (SSSR count). The van der Waals surface area contributed by atoms with Crippen LogP contribution in [0.1, 0.15) is 123 Å². The van der Waals surface area contributed by atoms with Crippen LogP contribution in [0.3, 0.4) is 0 Å². The number of hydrogen-bond acceptors (Lipinski definition) is 5. The third-order valence-electron chi connectivity index (χ3n) is 12.7. The molecular formula is C38H56O5. The number of hydrogen-bond donors (Lipinski definition) is 0. The molecule has 1 aromatic rings. The number of ketones is 2. The number of carbonyl (C=O) groups excluding carboxylic acids is 3. The van der Waals surface area contributed by atoms with Gasteiger partial charge in [-0.05, 0) is 119 Å². The monoisotopic (exact) mass is 592 g/mol. The Morgan fingerprint density at radius 3 is 2.30 bits per heavy atom. The topological polar surface area (TPSA) is 69.7 Å². The maximum atomic E-state index is 14.5. The van der Waals surface area contributed by atoms with Crippen molar-refractivity contribution in [3.8, 4) is 0 Å². The van der Waals surface area contributed by atoms with Gasteiger partial charge in [-0.15, -0.1) is 0 Å². The molecule has 0 heterocycles. The van der Waals surface area contributed by atoms with Gasteiger partial charge in [0, 0.05) is 23.8 Å². The van der Waals surface area contributed by atoms with Crippen LogP contribution in [0.2, 0.25) is 0 Å². The second kappa shape index (κ2) is 12.4. The maximum Gasteiger partial charge on any atom is 0.306 e. The summed E-state index contributed by atoms with van der Waals surface area (Å²) in [6.45, 7) is 15.8. The molecule has 4 aliphatic rings. The molecule has 0 saturated heterocycles. The molecule has 4 fully saturated rings. The van der Waals surface area contributed by atoms with Crippen LogP contribution in [-0.2, 0) is 19.1 Å². The highest BCUT2D eigenvalue weighted by atomic mass is 16.5. The van der Waals surface area contributed by atoms with E-state index < -0.39 is 0 Å². The molecule has 0 aromatic heterocycles. The van der Waals surface area contributed by atoms with Gasteiger partial charge in [0.1, 0.15) is 5.78 Å². The molecule has 0 radical (unpaired) electrons. The van der Waals surface area contributed by atoms with Gasteiger partial charge in [-0.1, -0.05) is 58.0 Å². The molecule has 0 spiro atoms.